The van der Waals surface area contributed by atoms with E-state index in [0.29, 0.717) is 30.5 Å². The Morgan fingerprint density at radius 3 is 2.90 bits per heavy atom. The molecule has 0 spiro atoms. The summed E-state index contributed by atoms with van der Waals surface area (Å²) in [7, 11) is 0. The van der Waals surface area contributed by atoms with Gasteiger partial charge in [0.2, 0.25) is 11.8 Å². The molecule has 0 saturated carbocycles. The summed E-state index contributed by atoms with van der Waals surface area (Å²) < 4.78 is 5.73. The minimum absolute atomic E-state index is 0.119. The zero-order chi connectivity index (χ0) is 20.0. The largest absolute Gasteiger partial charge is 0.379 e. The number of benzene rings is 1. The fraction of sp³-hybridized carbons (Fsp3) is 0.571. The van der Waals surface area contributed by atoms with Gasteiger partial charge in [0.05, 0.1) is 13.2 Å². The molecule has 1 unspecified atom stereocenters. The highest BCUT2D eigenvalue weighted by Crippen LogP contribution is 2.28. The summed E-state index contributed by atoms with van der Waals surface area (Å²) in [5.74, 6) is -0.249. The lowest BCUT2D eigenvalue weighted by molar-refractivity contribution is -0.136. The molecule has 8 heteroatoms. The van der Waals surface area contributed by atoms with Crippen LogP contribution in [0, 0.1) is 5.92 Å². The van der Waals surface area contributed by atoms with Crippen LogP contribution in [-0.2, 0) is 27.4 Å². The second kappa shape index (κ2) is 7.51. The van der Waals surface area contributed by atoms with Gasteiger partial charge in [-0.2, -0.15) is 0 Å². The number of carbonyl (C=O) groups is 3. The van der Waals surface area contributed by atoms with Gasteiger partial charge in [0.15, 0.2) is 0 Å². The number of hydrogen-bond donors (Lipinski definition) is 2. The monoisotopic (exact) mass is 398 g/mol. The summed E-state index contributed by atoms with van der Waals surface area (Å²) in [6, 6.07) is 5.81. The van der Waals surface area contributed by atoms with Gasteiger partial charge in [-0.25, -0.2) is 0 Å². The standard InChI is InChI=1S/C21H26N4O4/c26-19-4-3-18(20(27)23-19)25-9-15-5-13(1-2-17(15)21(25)28)7-24-8-14-6-22-16(10-24)12-29-11-14/h1-2,5,14,16,18,22H,3-4,6-12H2,(H,23,26,27)/t14-,16-,18?/m1/s1. The maximum atomic E-state index is 12.8. The molecule has 0 radical (unpaired) electrons. The van der Waals surface area contributed by atoms with Gasteiger partial charge in [0.1, 0.15) is 6.04 Å². The molecular formula is C21H26N4O4. The summed E-state index contributed by atoms with van der Waals surface area (Å²) in [5.41, 5.74) is 2.82. The van der Waals surface area contributed by atoms with E-state index >= 15 is 0 Å². The lowest BCUT2D eigenvalue weighted by Gasteiger charge is -2.29. The highest BCUT2D eigenvalue weighted by atomic mass is 16.5. The van der Waals surface area contributed by atoms with Crippen molar-refractivity contribution in [3.05, 3.63) is 34.9 Å². The molecule has 2 bridgehead atoms. The highest BCUT2D eigenvalue weighted by molar-refractivity contribution is 6.05. The van der Waals surface area contributed by atoms with E-state index in [1.54, 1.807) is 4.90 Å². The molecule has 3 saturated heterocycles. The second-order valence-electron chi connectivity index (χ2n) is 8.59. The SMILES string of the molecule is O=C1CCC(N2Cc3cc(CN4C[C@H]5CN[C@@H](COC5)C4)ccc3C2=O)C(=O)N1. The van der Waals surface area contributed by atoms with Gasteiger partial charge < -0.3 is 15.0 Å². The maximum absolute atomic E-state index is 12.8. The molecule has 0 aliphatic carbocycles. The van der Waals surface area contributed by atoms with E-state index in [1.165, 1.54) is 5.56 Å². The normalized spacial score (nSPS) is 30.1. The van der Waals surface area contributed by atoms with Crippen LogP contribution in [0.15, 0.2) is 18.2 Å². The first-order valence-corrected chi connectivity index (χ1v) is 10.4. The second-order valence-corrected chi connectivity index (χ2v) is 8.59. The Morgan fingerprint density at radius 1 is 1.14 bits per heavy atom. The third-order valence-corrected chi connectivity index (χ3v) is 6.36. The molecule has 2 N–H and O–H groups in total. The van der Waals surface area contributed by atoms with E-state index in [-0.39, 0.29) is 24.1 Å². The van der Waals surface area contributed by atoms with Gasteiger partial charge >= 0.3 is 0 Å². The molecular weight excluding hydrogens is 372 g/mol. The molecule has 1 aromatic carbocycles. The molecule has 1 aromatic rings. The zero-order valence-corrected chi connectivity index (χ0v) is 16.4. The number of rotatable bonds is 3. The molecule has 154 valence electrons. The molecule has 29 heavy (non-hydrogen) atoms. The van der Waals surface area contributed by atoms with Crippen LogP contribution in [0.25, 0.3) is 0 Å². The van der Waals surface area contributed by atoms with Crippen LogP contribution in [0.1, 0.15) is 34.3 Å². The van der Waals surface area contributed by atoms with Crippen molar-refractivity contribution in [2.45, 2.75) is 38.0 Å². The number of imide groups is 1. The maximum Gasteiger partial charge on any atom is 0.255 e. The van der Waals surface area contributed by atoms with Crippen molar-refractivity contribution in [2.75, 3.05) is 32.8 Å². The minimum atomic E-state index is -0.563. The number of nitrogens with one attached hydrogen (secondary N) is 2. The van der Waals surface area contributed by atoms with Crippen molar-refractivity contribution in [1.29, 1.82) is 0 Å². The Hall–Kier alpha value is -2.29. The summed E-state index contributed by atoms with van der Waals surface area (Å²) in [5, 5.41) is 5.93. The average molecular weight is 398 g/mol. The molecule has 4 aliphatic heterocycles. The first kappa shape index (κ1) is 18.7. The fourth-order valence-corrected chi connectivity index (χ4v) is 4.93. The zero-order valence-electron chi connectivity index (χ0n) is 16.4. The lowest BCUT2D eigenvalue weighted by Crippen LogP contribution is -2.52. The molecule has 4 heterocycles. The molecule has 0 aromatic heterocycles. The number of fused-ring (bicyclic) bond motifs is 4. The summed E-state index contributed by atoms with van der Waals surface area (Å²) in [4.78, 5) is 40.5. The van der Waals surface area contributed by atoms with Crippen LogP contribution < -0.4 is 10.6 Å². The molecule has 3 fully saturated rings. The van der Waals surface area contributed by atoms with Crippen molar-refractivity contribution in [1.82, 2.24) is 20.4 Å². The van der Waals surface area contributed by atoms with Gasteiger partial charge in [-0.15, -0.1) is 0 Å². The highest BCUT2D eigenvalue weighted by Gasteiger charge is 2.39. The molecule has 4 aliphatic rings. The average Bonchev–Trinajstić information content (AvgIpc) is 2.83. The fourth-order valence-electron chi connectivity index (χ4n) is 4.93. The smallest absolute Gasteiger partial charge is 0.255 e. The number of hydrogen-bond acceptors (Lipinski definition) is 6. The van der Waals surface area contributed by atoms with Crippen molar-refractivity contribution < 1.29 is 19.1 Å². The number of piperidine rings is 1. The Balaban J connectivity index is 1.30. The van der Waals surface area contributed by atoms with Gasteiger partial charge in [-0.1, -0.05) is 12.1 Å². The summed E-state index contributed by atoms with van der Waals surface area (Å²) >= 11 is 0. The van der Waals surface area contributed by atoms with Crippen molar-refractivity contribution in [3.63, 3.8) is 0 Å². The van der Waals surface area contributed by atoms with Crippen LogP contribution in [0.4, 0.5) is 0 Å². The first-order chi connectivity index (χ1) is 14.1. The van der Waals surface area contributed by atoms with Crippen molar-refractivity contribution in [2.24, 2.45) is 5.92 Å². The number of ether oxygens (including phenoxy) is 1. The van der Waals surface area contributed by atoms with Gasteiger partial charge in [-0.05, 0) is 23.6 Å². The van der Waals surface area contributed by atoms with Crippen LogP contribution in [0.3, 0.4) is 0 Å². The van der Waals surface area contributed by atoms with E-state index in [0.717, 1.165) is 45.0 Å². The Kier molecular flexibility index (Phi) is 4.85. The van der Waals surface area contributed by atoms with Crippen LogP contribution in [-0.4, -0.2) is 72.5 Å². The summed E-state index contributed by atoms with van der Waals surface area (Å²) in [6.45, 7) is 5.79. The Labute approximate surface area is 169 Å². The summed E-state index contributed by atoms with van der Waals surface area (Å²) in [6.07, 6.45) is 0.666. The van der Waals surface area contributed by atoms with E-state index in [1.807, 2.05) is 12.1 Å². The minimum Gasteiger partial charge on any atom is -0.379 e. The van der Waals surface area contributed by atoms with Gasteiger partial charge in [0, 0.05) is 56.7 Å². The number of amides is 3. The van der Waals surface area contributed by atoms with Gasteiger partial charge in [-0.3, -0.25) is 24.6 Å². The van der Waals surface area contributed by atoms with E-state index in [4.69, 9.17) is 4.74 Å². The van der Waals surface area contributed by atoms with E-state index in [9.17, 15) is 14.4 Å². The van der Waals surface area contributed by atoms with Crippen LogP contribution >= 0.6 is 0 Å². The van der Waals surface area contributed by atoms with Crippen molar-refractivity contribution >= 4 is 17.7 Å². The van der Waals surface area contributed by atoms with Crippen LogP contribution in [0.5, 0.6) is 0 Å². The predicted octanol–water partition coefficient (Wildman–Crippen LogP) is -0.132. The molecule has 3 atom stereocenters. The van der Waals surface area contributed by atoms with Crippen LogP contribution in [0.2, 0.25) is 0 Å². The van der Waals surface area contributed by atoms with Gasteiger partial charge in [0.25, 0.3) is 5.91 Å². The van der Waals surface area contributed by atoms with E-state index < -0.39 is 6.04 Å². The predicted molar refractivity (Wildman–Crippen MR) is 104 cm³/mol. The lowest BCUT2D eigenvalue weighted by atomic mass is 10.0. The van der Waals surface area contributed by atoms with E-state index in [2.05, 4.69) is 21.6 Å². The quantitative estimate of drug-likeness (QED) is 0.690. The Bertz CT molecular complexity index is 843. The third kappa shape index (κ3) is 3.68. The molecule has 3 amide bonds. The third-order valence-electron chi connectivity index (χ3n) is 6.36. The Morgan fingerprint density at radius 2 is 2.03 bits per heavy atom. The molecule has 5 rings (SSSR count). The number of carbonyl (C=O) groups excluding carboxylic acids is 3. The first-order valence-electron chi connectivity index (χ1n) is 10.4. The molecule has 8 nitrogen and oxygen atoms in total. The van der Waals surface area contributed by atoms with Crippen molar-refractivity contribution in [3.8, 4) is 0 Å². The topological polar surface area (TPSA) is 91.0 Å². The number of nitrogens with zero attached hydrogens (tertiary/aromatic N) is 2.